The number of carbonyl (C=O) groups is 2. The SMILES string of the molecule is C/C=C\C=C/CC1(C=O)Cn2c(cc3sccc32)C(=O)N1Cc1ccc(Cl)cc1.CCCCCC(N)CCC. The van der Waals surface area contributed by atoms with Crippen LogP contribution in [0.25, 0.3) is 10.2 Å². The Morgan fingerprint density at radius 2 is 1.87 bits per heavy atom. The molecule has 1 aromatic carbocycles. The van der Waals surface area contributed by atoms with Crippen molar-refractivity contribution in [2.75, 3.05) is 0 Å². The van der Waals surface area contributed by atoms with Gasteiger partial charge in [-0.3, -0.25) is 4.79 Å². The number of unbranched alkanes of at least 4 members (excludes halogenated alkanes) is 2. The van der Waals surface area contributed by atoms with Crippen molar-refractivity contribution < 1.29 is 9.59 Å². The zero-order valence-electron chi connectivity index (χ0n) is 23.4. The van der Waals surface area contributed by atoms with Gasteiger partial charge in [0.15, 0.2) is 0 Å². The molecule has 39 heavy (non-hydrogen) atoms. The number of carbonyl (C=O) groups excluding carboxylic acids is 2. The van der Waals surface area contributed by atoms with Gasteiger partial charge in [0.25, 0.3) is 5.91 Å². The highest BCUT2D eigenvalue weighted by molar-refractivity contribution is 7.17. The summed E-state index contributed by atoms with van der Waals surface area (Å²) in [5.41, 5.74) is 7.46. The highest BCUT2D eigenvalue weighted by atomic mass is 35.5. The van der Waals surface area contributed by atoms with Crippen LogP contribution in [-0.4, -0.2) is 33.2 Å². The minimum atomic E-state index is -0.949. The number of benzene rings is 1. The number of nitrogens with zero attached hydrogens (tertiary/aromatic N) is 2. The molecular weight excluding hydrogens is 526 g/mol. The van der Waals surface area contributed by atoms with E-state index in [1.54, 1.807) is 28.4 Å². The smallest absolute Gasteiger partial charge is 0.271 e. The summed E-state index contributed by atoms with van der Waals surface area (Å²) < 4.78 is 3.05. The second kappa shape index (κ2) is 15.2. The first-order chi connectivity index (χ1) is 18.9. The fourth-order valence-corrected chi connectivity index (χ4v) is 5.93. The average Bonchev–Trinajstić information content (AvgIpc) is 3.53. The van der Waals surface area contributed by atoms with Crippen molar-refractivity contribution in [2.24, 2.45) is 5.73 Å². The van der Waals surface area contributed by atoms with Gasteiger partial charge < -0.3 is 20.0 Å². The van der Waals surface area contributed by atoms with Crippen molar-refractivity contribution in [3.05, 3.63) is 82.4 Å². The molecule has 5 nitrogen and oxygen atoms in total. The lowest BCUT2D eigenvalue weighted by molar-refractivity contribution is -0.119. The topological polar surface area (TPSA) is 68.3 Å². The Morgan fingerprint density at radius 1 is 1.10 bits per heavy atom. The molecule has 2 unspecified atom stereocenters. The normalized spacial score (nSPS) is 18.0. The number of rotatable bonds is 12. The predicted molar refractivity (Wildman–Crippen MR) is 166 cm³/mol. The van der Waals surface area contributed by atoms with Crippen molar-refractivity contribution in [1.29, 1.82) is 0 Å². The second-order valence-corrected chi connectivity index (χ2v) is 11.6. The molecule has 0 saturated carbocycles. The van der Waals surface area contributed by atoms with Gasteiger partial charge in [0.05, 0.1) is 16.8 Å². The van der Waals surface area contributed by atoms with Crippen LogP contribution in [0.4, 0.5) is 0 Å². The Labute approximate surface area is 242 Å². The molecule has 7 heteroatoms. The summed E-state index contributed by atoms with van der Waals surface area (Å²) in [6, 6.07) is 11.8. The van der Waals surface area contributed by atoms with E-state index < -0.39 is 5.54 Å². The summed E-state index contributed by atoms with van der Waals surface area (Å²) in [5, 5.41) is 2.65. The third-order valence-electron chi connectivity index (χ3n) is 7.18. The maximum Gasteiger partial charge on any atom is 0.271 e. The van der Waals surface area contributed by atoms with Crippen LogP contribution in [0.5, 0.6) is 0 Å². The number of nitrogens with two attached hydrogens (primary N) is 1. The number of halogens is 1. The zero-order chi connectivity index (χ0) is 28.3. The van der Waals surface area contributed by atoms with Crippen LogP contribution in [0.1, 0.15) is 81.8 Å². The van der Waals surface area contributed by atoms with Gasteiger partial charge in [-0.15, -0.1) is 11.3 Å². The van der Waals surface area contributed by atoms with E-state index in [2.05, 4.69) is 13.8 Å². The summed E-state index contributed by atoms with van der Waals surface area (Å²) in [5.74, 6) is -0.124. The van der Waals surface area contributed by atoms with Gasteiger partial charge in [0.2, 0.25) is 0 Å². The van der Waals surface area contributed by atoms with Crippen LogP contribution in [0.2, 0.25) is 5.02 Å². The van der Waals surface area contributed by atoms with Gasteiger partial charge in [-0.05, 0) is 61.4 Å². The largest absolute Gasteiger partial charge is 0.333 e. The van der Waals surface area contributed by atoms with Gasteiger partial charge in [-0.1, -0.05) is 87.6 Å². The fraction of sp³-hybridized carbons (Fsp3) is 0.438. The molecule has 0 bridgehead atoms. The van der Waals surface area contributed by atoms with E-state index in [0.29, 0.717) is 36.3 Å². The Morgan fingerprint density at radius 3 is 2.54 bits per heavy atom. The van der Waals surface area contributed by atoms with Gasteiger partial charge in [0, 0.05) is 17.6 Å². The molecule has 3 aromatic rings. The van der Waals surface area contributed by atoms with Crippen LogP contribution in [-0.2, 0) is 17.9 Å². The van der Waals surface area contributed by atoms with E-state index in [9.17, 15) is 9.59 Å². The number of hydrogen-bond acceptors (Lipinski definition) is 4. The monoisotopic (exact) mass is 567 g/mol. The van der Waals surface area contributed by atoms with E-state index in [0.717, 1.165) is 22.1 Å². The molecule has 3 heterocycles. The third-order valence-corrected chi connectivity index (χ3v) is 8.28. The number of fused-ring (bicyclic) bond motifs is 3. The summed E-state index contributed by atoms with van der Waals surface area (Å²) in [4.78, 5) is 27.7. The first kappa shape index (κ1) is 30.9. The molecule has 2 aromatic heterocycles. The summed E-state index contributed by atoms with van der Waals surface area (Å²) >= 11 is 7.61. The third kappa shape index (κ3) is 7.93. The molecule has 2 N–H and O–H groups in total. The molecule has 0 aliphatic carbocycles. The van der Waals surface area contributed by atoms with Crippen LogP contribution >= 0.6 is 22.9 Å². The van der Waals surface area contributed by atoms with Crippen molar-refractivity contribution >= 4 is 45.3 Å². The van der Waals surface area contributed by atoms with E-state index in [1.807, 2.05) is 65.4 Å². The number of allylic oxidation sites excluding steroid dienone is 3. The summed E-state index contributed by atoms with van der Waals surface area (Å²) in [6.45, 7) is 7.15. The van der Waals surface area contributed by atoms with Crippen molar-refractivity contribution in [1.82, 2.24) is 9.47 Å². The molecular formula is C32H42ClN3O2S. The molecule has 0 radical (unpaired) electrons. The van der Waals surface area contributed by atoms with Gasteiger partial charge in [-0.2, -0.15) is 0 Å². The minimum Gasteiger partial charge on any atom is -0.333 e. The number of aldehydes is 1. The second-order valence-electron chi connectivity index (χ2n) is 10.2. The highest BCUT2D eigenvalue weighted by Gasteiger charge is 2.45. The Kier molecular flexibility index (Phi) is 12.0. The molecule has 1 amide bonds. The van der Waals surface area contributed by atoms with Crippen molar-refractivity contribution in [2.45, 2.75) is 90.4 Å². The average molecular weight is 568 g/mol. The first-order valence-electron chi connectivity index (χ1n) is 14.0. The maximum atomic E-state index is 13.5. The van der Waals surface area contributed by atoms with Crippen molar-refractivity contribution in [3.63, 3.8) is 0 Å². The van der Waals surface area contributed by atoms with Crippen LogP contribution in [0.15, 0.2) is 66.1 Å². The Hall–Kier alpha value is -2.67. The van der Waals surface area contributed by atoms with Gasteiger partial charge in [-0.25, -0.2) is 0 Å². The Balaban J connectivity index is 0.000000360. The zero-order valence-corrected chi connectivity index (χ0v) is 25.0. The van der Waals surface area contributed by atoms with E-state index in [-0.39, 0.29) is 5.91 Å². The van der Waals surface area contributed by atoms with Gasteiger partial charge >= 0.3 is 0 Å². The van der Waals surface area contributed by atoms with Crippen LogP contribution in [0, 0.1) is 0 Å². The lowest BCUT2D eigenvalue weighted by atomic mass is 9.90. The molecule has 4 rings (SSSR count). The molecule has 0 fully saturated rings. The van der Waals surface area contributed by atoms with E-state index in [4.69, 9.17) is 17.3 Å². The molecule has 210 valence electrons. The highest BCUT2D eigenvalue weighted by Crippen LogP contribution is 2.36. The molecule has 0 spiro atoms. The molecule has 1 aliphatic rings. The summed E-state index contributed by atoms with van der Waals surface area (Å²) in [6.07, 6.45) is 16.7. The number of thiophene rings is 1. The van der Waals surface area contributed by atoms with Crippen molar-refractivity contribution in [3.8, 4) is 0 Å². The molecule has 2 atom stereocenters. The van der Waals surface area contributed by atoms with Gasteiger partial charge in [0.1, 0.15) is 17.5 Å². The first-order valence-corrected chi connectivity index (χ1v) is 15.3. The van der Waals surface area contributed by atoms with E-state index >= 15 is 0 Å². The Bertz CT molecular complexity index is 1260. The number of hydrogen-bond donors (Lipinski definition) is 1. The molecule has 0 saturated heterocycles. The van der Waals surface area contributed by atoms with E-state index in [1.165, 1.54) is 38.5 Å². The van der Waals surface area contributed by atoms with Crippen LogP contribution in [0.3, 0.4) is 0 Å². The molecule has 1 aliphatic heterocycles. The van der Waals surface area contributed by atoms with Crippen LogP contribution < -0.4 is 5.73 Å². The lowest BCUT2D eigenvalue weighted by Crippen LogP contribution is -2.58. The quantitative estimate of drug-likeness (QED) is 0.136. The minimum absolute atomic E-state index is 0.124. The maximum absolute atomic E-state index is 13.5. The number of aromatic nitrogens is 1. The predicted octanol–water partition coefficient (Wildman–Crippen LogP) is 8.17. The standard InChI is InChI=1S/C23H21ClN2O2S.C9H21N/c1-2-3-4-5-11-23(16-27)15-25-19-10-12-29-21(19)13-20(25)22(28)26(23)14-17-6-8-18(24)9-7-17;1-3-5-6-8-9(10)7-4-2/h2-10,12-13,16H,11,14-15H2,1H3;9H,3-8,10H2,1-2H3/b3-2-,5-4-;. The summed E-state index contributed by atoms with van der Waals surface area (Å²) in [7, 11) is 0. The fourth-order valence-electron chi connectivity index (χ4n) is 4.98. The lowest BCUT2D eigenvalue weighted by Gasteiger charge is -2.44. The number of amides is 1.